The van der Waals surface area contributed by atoms with Gasteiger partial charge in [0, 0.05) is 0 Å². The summed E-state index contributed by atoms with van der Waals surface area (Å²) < 4.78 is 4.55. The highest BCUT2D eigenvalue weighted by molar-refractivity contribution is 5.73. The van der Waals surface area contributed by atoms with Crippen LogP contribution in [0.4, 0.5) is 0 Å². The molecule has 0 heterocycles. The molecule has 0 aliphatic heterocycles. The normalized spacial score (nSPS) is 13.3. The molecule has 2 unspecified atom stereocenters. The molecule has 0 amide bonds. The number of carbonyl (C=O) groups excluding carboxylic acids is 1. The minimum Gasteiger partial charge on any atom is -0.480 e. The summed E-state index contributed by atoms with van der Waals surface area (Å²) >= 11 is 0. The SMILES string of the molecule is CC(C)CC(N)C(=O)O.CCOC(=O)CC(C)O. The third kappa shape index (κ3) is 14.9. The van der Waals surface area contributed by atoms with Gasteiger partial charge in [-0.25, -0.2) is 0 Å². The van der Waals surface area contributed by atoms with Crippen molar-refractivity contribution in [2.75, 3.05) is 6.61 Å². The number of hydrogen-bond acceptors (Lipinski definition) is 5. The second kappa shape index (κ2) is 11.0. The molecular formula is C12H25NO5. The molecule has 0 aliphatic carbocycles. The fraction of sp³-hybridized carbons (Fsp3) is 0.833. The molecule has 0 fully saturated rings. The van der Waals surface area contributed by atoms with Gasteiger partial charge in [-0.3, -0.25) is 9.59 Å². The molecule has 108 valence electrons. The summed E-state index contributed by atoms with van der Waals surface area (Å²) in [6.07, 6.45) is 0.0486. The van der Waals surface area contributed by atoms with Gasteiger partial charge in [0.1, 0.15) is 6.04 Å². The maximum Gasteiger partial charge on any atom is 0.320 e. The van der Waals surface area contributed by atoms with Gasteiger partial charge in [-0.2, -0.15) is 0 Å². The molecule has 0 aromatic heterocycles. The van der Waals surface area contributed by atoms with E-state index in [1.165, 1.54) is 0 Å². The first-order valence-electron chi connectivity index (χ1n) is 6.02. The topological polar surface area (TPSA) is 110 Å². The summed E-state index contributed by atoms with van der Waals surface area (Å²) in [7, 11) is 0. The number of carboxylic acid groups (broad SMARTS) is 1. The second-order valence-corrected chi connectivity index (χ2v) is 4.43. The number of esters is 1. The third-order valence-electron chi connectivity index (χ3n) is 1.81. The Morgan fingerprint density at radius 1 is 1.28 bits per heavy atom. The Morgan fingerprint density at radius 3 is 2.00 bits per heavy atom. The zero-order chi connectivity index (χ0) is 14.7. The molecule has 0 aromatic rings. The van der Waals surface area contributed by atoms with Crippen molar-refractivity contribution in [1.29, 1.82) is 0 Å². The van der Waals surface area contributed by atoms with Crippen LogP contribution in [-0.4, -0.2) is 40.9 Å². The lowest BCUT2D eigenvalue weighted by Crippen LogP contribution is -2.31. The van der Waals surface area contributed by atoms with Gasteiger partial charge in [-0.05, 0) is 26.2 Å². The molecule has 0 spiro atoms. The minimum absolute atomic E-state index is 0.0911. The number of hydrogen-bond donors (Lipinski definition) is 3. The maximum atomic E-state index is 10.5. The van der Waals surface area contributed by atoms with E-state index in [0.29, 0.717) is 18.9 Å². The van der Waals surface area contributed by atoms with Gasteiger partial charge in [0.2, 0.25) is 0 Å². The van der Waals surface area contributed by atoms with Gasteiger partial charge in [0.25, 0.3) is 0 Å². The van der Waals surface area contributed by atoms with E-state index in [-0.39, 0.29) is 12.4 Å². The van der Waals surface area contributed by atoms with Crippen LogP contribution in [0.15, 0.2) is 0 Å². The highest BCUT2D eigenvalue weighted by Crippen LogP contribution is 2.01. The van der Waals surface area contributed by atoms with E-state index < -0.39 is 18.1 Å². The fourth-order valence-corrected chi connectivity index (χ4v) is 1.07. The molecule has 0 aliphatic rings. The molecule has 4 N–H and O–H groups in total. The minimum atomic E-state index is -0.913. The van der Waals surface area contributed by atoms with Crippen molar-refractivity contribution in [3.05, 3.63) is 0 Å². The number of carboxylic acids is 1. The highest BCUT2D eigenvalue weighted by Gasteiger charge is 2.11. The van der Waals surface area contributed by atoms with Crippen molar-refractivity contribution >= 4 is 11.9 Å². The van der Waals surface area contributed by atoms with Gasteiger partial charge >= 0.3 is 11.9 Å². The molecule has 0 saturated heterocycles. The number of aliphatic carboxylic acids is 1. The highest BCUT2D eigenvalue weighted by atomic mass is 16.5. The van der Waals surface area contributed by atoms with Crippen LogP contribution < -0.4 is 5.73 Å². The number of ether oxygens (including phenoxy) is 1. The van der Waals surface area contributed by atoms with E-state index in [0.717, 1.165) is 0 Å². The average Bonchev–Trinajstić information content (AvgIpc) is 2.16. The molecule has 0 rings (SSSR count). The molecule has 18 heavy (non-hydrogen) atoms. The summed E-state index contributed by atoms with van der Waals surface area (Å²) in [5.41, 5.74) is 5.22. The quantitative estimate of drug-likeness (QED) is 0.610. The molecule has 6 nitrogen and oxygen atoms in total. The fourth-order valence-electron chi connectivity index (χ4n) is 1.07. The zero-order valence-corrected chi connectivity index (χ0v) is 11.5. The Balaban J connectivity index is 0. The molecule has 2 atom stereocenters. The number of aliphatic hydroxyl groups excluding tert-OH is 1. The van der Waals surface area contributed by atoms with E-state index in [4.69, 9.17) is 15.9 Å². The molecule has 0 bridgehead atoms. The molecule has 0 radical (unpaired) electrons. The largest absolute Gasteiger partial charge is 0.480 e. The van der Waals surface area contributed by atoms with Crippen LogP contribution in [0, 0.1) is 5.92 Å². The molecule has 6 heteroatoms. The van der Waals surface area contributed by atoms with Gasteiger partial charge in [-0.15, -0.1) is 0 Å². The monoisotopic (exact) mass is 263 g/mol. The molecular weight excluding hydrogens is 238 g/mol. The van der Waals surface area contributed by atoms with Crippen LogP contribution in [-0.2, 0) is 14.3 Å². The van der Waals surface area contributed by atoms with Crippen LogP contribution in [0.25, 0.3) is 0 Å². The van der Waals surface area contributed by atoms with Gasteiger partial charge < -0.3 is 20.7 Å². The first-order chi connectivity index (χ1) is 8.20. The van der Waals surface area contributed by atoms with Crippen LogP contribution >= 0.6 is 0 Å². The lowest BCUT2D eigenvalue weighted by atomic mass is 10.1. The summed E-state index contributed by atoms with van der Waals surface area (Å²) in [6.45, 7) is 7.56. The van der Waals surface area contributed by atoms with Crippen molar-refractivity contribution in [1.82, 2.24) is 0 Å². The van der Waals surface area contributed by atoms with Crippen molar-refractivity contribution in [2.24, 2.45) is 11.7 Å². The molecule has 0 saturated carbocycles. The lowest BCUT2D eigenvalue weighted by Gasteiger charge is -2.07. The van der Waals surface area contributed by atoms with Gasteiger partial charge in [-0.1, -0.05) is 13.8 Å². The Labute approximate surface area is 108 Å². The first-order valence-corrected chi connectivity index (χ1v) is 6.02. The van der Waals surface area contributed by atoms with Crippen molar-refractivity contribution in [2.45, 2.75) is 52.7 Å². The molecule has 0 aromatic carbocycles. The van der Waals surface area contributed by atoms with Crippen molar-refractivity contribution < 1.29 is 24.5 Å². The smallest absolute Gasteiger partial charge is 0.320 e. The Morgan fingerprint density at radius 2 is 1.78 bits per heavy atom. The number of carbonyl (C=O) groups is 2. The number of nitrogens with two attached hydrogens (primary N) is 1. The Kier molecular flexibility index (Phi) is 11.7. The van der Waals surface area contributed by atoms with Gasteiger partial charge in [0.15, 0.2) is 0 Å². The third-order valence-corrected chi connectivity index (χ3v) is 1.81. The summed E-state index contributed by atoms with van der Waals surface area (Å²) in [5.74, 6) is -0.896. The predicted molar refractivity (Wildman–Crippen MR) is 68.0 cm³/mol. The van der Waals surface area contributed by atoms with E-state index >= 15 is 0 Å². The zero-order valence-electron chi connectivity index (χ0n) is 11.5. The van der Waals surface area contributed by atoms with Gasteiger partial charge in [0.05, 0.1) is 19.1 Å². The first kappa shape index (κ1) is 19.2. The van der Waals surface area contributed by atoms with Crippen LogP contribution in [0.5, 0.6) is 0 Å². The van der Waals surface area contributed by atoms with Crippen molar-refractivity contribution in [3.8, 4) is 0 Å². The average molecular weight is 263 g/mol. The van der Waals surface area contributed by atoms with E-state index in [2.05, 4.69) is 4.74 Å². The van der Waals surface area contributed by atoms with Crippen molar-refractivity contribution in [3.63, 3.8) is 0 Å². The standard InChI is InChI=1S/C6H13NO2.C6H12O3/c1-4(2)3-5(7)6(8)9;1-3-9-6(8)4-5(2)7/h4-5H,3,7H2,1-2H3,(H,8,9);5,7H,3-4H2,1-2H3. The number of aliphatic hydroxyl groups is 1. The van der Waals surface area contributed by atoms with Crippen LogP contribution in [0.1, 0.15) is 40.5 Å². The number of rotatable bonds is 6. The van der Waals surface area contributed by atoms with E-state index in [1.54, 1.807) is 13.8 Å². The van der Waals surface area contributed by atoms with E-state index in [1.807, 2.05) is 13.8 Å². The summed E-state index contributed by atoms with van der Waals surface area (Å²) in [4.78, 5) is 20.6. The Hall–Kier alpha value is -1.14. The summed E-state index contributed by atoms with van der Waals surface area (Å²) in [5, 5.41) is 17.0. The maximum absolute atomic E-state index is 10.5. The predicted octanol–water partition coefficient (Wildman–Crippen LogP) is 0.765. The summed E-state index contributed by atoms with van der Waals surface area (Å²) in [6, 6.07) is -0.690. The van der Waals surface area contributed by atoms with E-state index in [9.17, 15) is 9.59 Å². The lowest BCUT2D eigenvalue weighted by molar-refractivity contribution is -0.145. The van der Waals surface area contributed by atoms with Crippen LogP contribution in [0.3, 0.4) is 0 Å². The van der Waals surface area contributed by atoms with Crippen LogP contribution in [0.2, 0.25) is 0 Å². The Bertz CT molecular complexity index is 241. The second-order valence-electron chi connectivity index (χ2n) is 4.43.